The summed E-state index contributed by atoms with van der Waals surface area (Å²) in [6.45, 7) is 14.6. The van der Waals surface area contributed by atoms with E-state index in [9.17, 15) is 0 Å². The highest BCUT2D eigenvalue weighted by Gasteiger charge is 2.10. The average Bonchev–Trinajstić information content (AvgIpc) is 2.26. The zero-order chi connectivity index (χ0) is 13.2. The summed E-state index contributed by atoms with van der Waals surface area (Å²) in [5, 5.41) is 0. The zero-order valence-electron chi connectivity index (χ0n) is 12.5. The van der Waals surface area contributed by atoms with Crippen LogP contribution in [0.15, 0.2) is 6.07 Å². The molecule has 0 aliphatic heterocycles. The third kappa shape index (κ3) is 3.32. The lowest BCUT2D eigenvalue weighted by Gasteiger charge is -2.23. The van der Waals surface area contributed by atoms with Crippen molar-refractivity contribution in [3.8, 4) is 0 Å². The van der Waals surface area contributed by atoms with Crippen LogP contribution in [0.1, 0.15) is 41.7 Å². The van der Waals surface area contributed by atoms with Crippen LogP contribution in [-0.2, 0) is 6.42 Å². The molecule has 96 valence electrons. The summed E-state index contributed by atoms with van der Waals surface area (Å²) in [7, 11) is 2.21. The van der Waals surface area contributed by atoms with E-state index in [1.54, 1.807) is 5.56 Å². The largest absolute Gasteiger partial charge is 0.304 e. The highest BCUT2D eigenvalue weighted by molar-refractivity contribution is 5.44. The standard InChI is InChI=1S/C16H27N/c1-11(2)17(7)9-8-16-14(5)12(3)10-13(4)15(16)6/h10-11H,8-9H2,1-7H3. The Morgan fingerprint density at radius 2 is 1.47 bits per heavy atom. The van der Waals surface area contributed by atoms with Gasteiger partial charge in [-0.25, -0.2) is 0 Å². The van der Waals surface area contributed by atoms with Crippen LogP contribution in [0.4, 0.5) is 0 Å². The van der Waals surface area contributed by atoms with Crippen molar-refractivity contribution >= 4 is 0 Å². The van der Waals surface area contributed by atoms with Crippen molar-refractivity contribution in [2.24, 2.45) is 0 Å². The number of likely N-dealkylation sites (N-methyl/N-ethyl adjacent to an activating group) is 1. The van der Waals surface area contributed by atoms with Crippen LogP contribution in [-0.4, -0.2) is 24.5 Å². The van der Waals surface area contributed by atoms with Crippen LogP contribution in [0.2, 0.25) is 0 Å². The third-order valence-electron chi connectivity index (χ3n) is 4.12. The predicted molar refractivity (Wildman–Crippen MR) is 76.9 cm³/mol. The summed E-state index contributed by atoms with van der Waals surface area (Å²) in [5.41, 5.74) is 7.36. The predicted octanol–water partition coefficient (Wildman–Crippen LogP) is 3.80. The molecule has 0 saturated carbocycles. The Bertz CT molecular complexity index is 365. The molecule has 1 aromatic rings. The van der Waals surface area contributed by atoms with E-state index in [4.69, 9.17) is 0 Å². The Labute approximate surface area is 107 Å². The number of benzene rings is 1. The zero-order valence-corrected chi connectivity index (χ0v) is 12.5. The van der Waals surface area contributed by atoms with Crippen LogP contribution in [0.3, 0.4) is 0 Å². The van der Waals surface area contributed by atoms with Crippen molar-refractivity contribution in [3.63, 3.8) is 0 Å². The number of nitrogens with zero attached hydrogens (tertiary/aromatic N) is 1. The van der Waals surface area contributed by atoms with Crippen LogP contribution < -0.4 is 0 Å². The van der Waals surface area contributed by atoms with Crippen LogP contribution in [0.5, 0.6) is 0 Å². The molecule has 0 unspecified atom stereocenters. The van der Waals surface area contributed by atoms with E-state index in [2.05, 4.69) is 59.6 Å². The molecule has 0 amide bonds. The molecule has 0 aromatic heterocycles. The van der Waals surface area contributed by atoms with Gasteiger partial charge in [0.25, 0.3) is 0 Å². The Morgan fingerprint density at radius 1 is 1.00 bits per heavy atom. The molecule has 0 saturated heterocycles. The lowest BCUT2D eigenvalue weighted by Crippen LogP contribution is -2.28. The quantitative estimate of drug-likeness (QED) is 0.764. The van der Waals surface area contributed by atoms with E-state index < -0.39 is 0 Å². The molecule has 1 rings (SSSR count). The fourth-order valence-corrected chi connectivity index (χ4v) is 2.22. The van der Waals surface area contributed by atoms with E-state index in [1.165, 1.54) is 22.3 Å². The second-order valence-corrected chi connectivity index (χ2v) is 5.56. The van der Waals surface area contributed by atoms with Crippen LogP contribution in [0, 0.1) is 27.7 Å². The number of aryl methyl sites for hydroxylation is 2. The monoisotopic (exact) mass is 233 g/mol. The third-order valence-corrected chi connectivity index (χ3v) is 4.12. The Hall–Kier alpha value is -0.820. The number of rotatable bonds is 4. The second kappa shape index (κ2) is 5.68. The van der Waals surface area contributed by atoms with Crippen molar-refractivity contribution in [2.75, 3.05) is 13.6 Å². The maximum Gasteiger partial charge on any atom is 0.00356 e. The highest BCUT2D eigenvalue weighted by Crippen LogP contribution is 2.22. The molecular weight excluding hydrogens is 206 g/mol. The first-order valence-corrected chi connectivity index (χ1v) is 6.61. The van der Waals surface area contributed by atoms with Crippen molar-refractivity contribution < 1.29 is 0 Å². The van der Waals surface area contributed by atoms with Gasteiger partial charge >= 0.3 is 0 Å². The minimum Gasteiger partial charge on any atom is -0.304 e. The summed E-state index contributed by atoms with van der Waals surface area (Å²) < 4.78 is 0. The fourth-order valence-electron chi connectivity index (χ4n) is 2.22. The van der Waals surface area contributed by atoms with E-state index in [1.807, 2.05) is 0 Å². The smallest absolute Gasteiger partial charge is 0.00356 e. The average molecular weight is 233 g/mol. The van der Waals surface area contributed by atoms with Gasteiger partial charge in [0.15, 0.2) is 0 Å². The van der Waals surface area contributed by atoms with Gasteiger partial charge in [0, 0.05) is 12.6 Å². The van der Waals surface area contributed by atoms with Gasteiger partial charge in [-0.15, -0.1) is 0 Å². The van der Waals surface area contributed by atoms with Crippen molar-refractivity contribution in [1.29, 1.82) is 0 Å². The lowest BCUT2D eigenvalue weighted by molar-refractivity contribution is 0.277. The maximum absolute atomic E-state index is 2.41. The van der Waals surface area contributed by atoms with Crippen molar-refractivity contribution in [3.05, 3.63) is 33.9 Å². The molecule has 17 heavy (non-hydrogen) atoms. The number of hydrogen-bond donors (Lipinski definition) is 0. The van der Waals surface area contributed by atoms with Crippen molar-refractivity contribution in [1.82, 2.24) is 4.90 Å². The molecule has 1 nitrogen and oxygen atoms in total. The molecule has 1 aromatic carbocycles. The maximum atomic E-state index is 2.41. The molecule has 0 atom stereocenters. The van der Waals surface area contributed by atoms with Gasteiger partial charge in [0.05, 0.1) is 0 Å². The molecule has 0 aliphatic rings. The fraction of sp³-hybridized carbons (Fsp3) is 0.625. The summed E-state index contributed by atoms with van der Waals surface area (Å²) >= 11 is 0. The molecule has 0 aliphatic carbocycles. The van der Waals surface area contributed by atoms with Gasteiger partial charge in [-0.2, -0.15) is 0 Å². The Kier molecular flexibility index (Phi) is 4.76. The molecule has 0 N–H and O–H groups in total. The van der Waals surface area contributed by atoms with Crippen molar-refractivity contribution in [2.45, 2.75) is 54.0 Å². The van der Waals surface area contributed by atoms with E-state index >= 15 is 0 Å². The van der Waals surface area contributed by atoms with Gasteiger partial charge in [0.2, 0.25) is 0 Å². The molecule has 0 radical (unpaired) electrons. The van der Waals surface area contributed by atoms with Gasteiger partial charge in [-0.05, 0) is 82.8 Å². The summed E-state index contributed by atoms with van der Waals surface area (Å²) in [6, 6.07) is 2.93. The van der Waals surface area contributed by atoms with Gasteiger partial charge < -0.3 is 4.90 Å². The summed E-state index contributed by atoms with van der Waals surface area (Å²) in [5.74, 6) is 0. The second-order valence-electron chi connectivity index (χ2n) is 5.56. The lowest BCUT2D eigenvalue weighted by atomic mass is 9.92. The van der Waals surface area contributed by atoms with E-state index in [0.717, 1.165) is 13.0 Å². The topological polar surface area (TPSA) is 3.24 Å². The van der Waals surface area contributed by atoms with E-state index in [0.29, 0.717) is 6.04 Å². The molecular formula is C16H27N. The van der Waals surface area contributed by atoms with Gasteiger partial charge in [-0.3, -0.25) is 0 Å². The SMILES string of the molecule is Cc1cc(C)c(C)c(CCN(C)C(C)C)c1C. The van der Waals surface area contributed by atoms with Crippen LogP contribution >= 0.6 is 0 Å². The first kappa shape index (κ1) is 14.2. The molecule has 0 bridgehead atoms. The van der Waals surface area contributed by atoms with E-state index in [-0.39, 0.29) is 0 Å². The Morgan fingerprint density at radius 3 is 1.88 bits per heavy atom. The van der Waals surface area contributed by atoms with Gasteiger partial charge in [-0.1, -0.05) is 6.07 Å². The summed E-state index contributed by atoms with van der Waals surface area (Å²) in [6.07, 6.45) is 1.16. The normalized spacial score (nSPS) is 11.6. The molecule has 0 heterocycles. The minimum atomic E-state index is 0.626. The first-order chi connectivity index (χ1) is 7.84. The molecule has 1 heteroatoms. The summed E-state index contributed by atoms with van der Waals surface area (Å²) in [4.78, 5) is 2.41. The molecule has 0 fully saturated rings. The highest BCUT2D eigenvalue weighted by atomic mass is 15.1. The molecule has 0 spiro atoms. The van der Waals surface area contributed by atoms with Gasteiger partial charge in [0.1, 0.15) is 0 Å². The Balaban J connectivity index is 2.91. The number of hydrogen-bond acceptors (Lipinski definition) is 1. The van der Waals surface area contributed by atoms with Crippen LogP contribution in [0.25, 0.3) is 0 Å². The first-order valence-electron chi connectivity index (χ1n) is 6.61. The minimum absolute atomic E-state index is 0.626.